The monoisotopic (exact) mass is 447 g/mol. The van der Waals surface area contributed by atoms with E-state index in [1.54, 1.807) is 19.1 Å². The van der Waals surface area contributed by atoms with Crippen LogP contribution in [0.1, 0.15) is 30.0 Å². The summed E-state index contributed by atoms with van der Waals surface area (Å²) in [6.45, 7) is 2.02. The first-order valence-corrected chi connectivity index (χ1v) is 11.2. The summed E-state index contributed by atoms with van der Waals surface area (Å²) < 4.78 is 5.24. The Morgan fingerprint density at radius 2 is 1.53 bits per heavy atom. The lowest BCUT2D eigenvalue weighted by atomic mass is 9.85. The molecule has 0 bridgehead atoms. The number of rotatable bonds is 8. The molecule has 1 saturated carbocycles. The molecule has 1 N–H and O–H groups in total. The molecule has 4 nitrogen and oxygen atoms in total. The minimum Gasteiger partial charge on any atom is -0.464 e. The highest BCUT2D eigenvalue weighted by atomic mass is 35.5. The number of amides is 1. The van der Waals surface area contributed by atoms with Crippen molar-refractivity contribution in [3.8, 4) is 0 Å². The number of ether oxygens (including phenoxy) is 1. The first-order valence-electron chi connectivity index (χ1n) is 10.9. The van der Waals surface area contributed by atoms with E-state index in [2.05, 4.69) is 29.6 Å². The Labute approximate surface area is 193 Å². The molecule has 2 unspecified atom stereocenters. The van der Waals surface area contributed by atoms with Crippen LogP contribution in [0.15, 0.2) is 84.9 Å². The molecule has 0 saturated heterocycles. The van der Waals surface area contributed by atoms with Gasteiger partial charge in [0.2, 0.25) is 5.91 Å². The average molecular weight is 448 g/mol. The zero-order valence-electron chi connectivity index (χ0n) is 18.0. The quantitative estimate of drug-likeness (QED) is 0.498. The van der Waals surface area contributed by atoms with Gasteiger partial charge in [0.15, 0.2) is 0 Å². The van der Waals surface area contributed by atoms with Crippen LogP contribution in [0.3, 0.4) is 0 Å². The fourth-order valence-electron chi connectivity index (χ4n) is 4.42. The molecule has 1 aliphatic carbocycles. The second-order valence-corrected chi connectivity index (χ2v) is 8.54. The van der Waals surface area contributed by atoms with Crippen molar-refractivity contribution in [3.63, 3.8) is 0 Å². The maximum atomic E-state index is 13.4. The van der Waals surface area contributed by atoms with Crippen molar-refractivity contribution >= 4 is 23.5 Å². The molecule has 0 spiro atoms. The van der Waals surface area contributed by atoms with Gasteiger partial charge in [0, 0.05) is 16.9 Å². The number of nitrogens with one attached hydrogen (secondary N) is 1. The molecule has 1 aliphatic rings. The van der Waals surface area contributed by atoms with Crippen LogP contribution in [-0.4, -0.2) is 24.5 Å². The summed E-state index contributed by atoms with van der Waals surface area (Å²) in [5, 5.41) is 3.60. The van der Waals surface area contributed by atoms with Gasteiger partial charge in [-0.15, -0.1) is 0 Å². The number of carbonyl (C=O) groups excluding carboxylic acids is 2. The van der Waals surface area contributed by atoms with Crippen LogP contribution < -0.4 is 5.32 Å². The highest BCUT2D eigenvalue weighted by Gasteiger charge is 2.60. The lowest BCUT2D eigenvalue weighted by Gasteiger charge is -2.21. The second kappa shape index (κ2) is 9.58. The van der Waals surface area contributed by atoms with Gasteiger partial charge in [0.1, 0.15) is 6.04 Å². The zero-order chi connectivity index (χ0) is 22.6. The molecule has 0 aromatic heterocycles. The predicted molar refractivity (Wildman–Crippen MR) is 125 cm³/mol. The molecular weight excluding hydrogens is 422 g/mol. The van der Waals surface area contributed by atoms with Gasteiger partial charge in [0.05, 0.1) is 12.5 Å². The van der Waals surface area contributed by atoms with Crippen molar-refractivity contribution < 1.29 is 14.3 Å². The smallest absolute Gasteiger partial charge is 0.328 e. The van der Waals surface area contributed by atoms with E-state index < -0.39 is 12.0 Å². The number of halogens is 1. The van der Waals surface area contributed by atoms with Gasteiger partial charge in [-0.05, 0) is 42.2 Å². The van der Waals surface area contributed by atoms with Crippen molar-refractivity contribution in [2.75, 3.05) is 6.61 Å². The summed E-state index contributed by atoms with van der Waals surface area (Å²) in [6, 6.07) is 26.7. The van der Waals surface area contributed by atoms with Gasteiger partial charge in [-0.1, -0.05) is 84.4 Å². The van der Waals surface area contributed by atoms with Gasteiger partial charge in [-0.3, -0.25) is 4.79 Å². The Kier molecular flexibility index (Phi) is 6.61. The van der Waals surface area contributed by atoms with E-state index in [4.69, 9.17) is 16.3 Å². The fourth-order valence-corrected chi connectivity index (χ4v) is 4.55. The van der Waals surface area contributed by atoms with E-state index in [1.165, 1.54) is 0 Å². The number of benzene rings is 3. The van der Waals surface area contributed by atoms with Crippen LogP contribution in [0.4, 0.5) is 0 Å². The Hall–Kier alpha value is -3.11. The van der Waals surface area contributed by atoms with E-state index >= 15 is 0 Å². The number of carbonyl (C=O) groups is 2. The minimum atomic E-state index is -0.756. The molecule has 164 valence electrons. The third-order valence-corrected chi connectivity index (χ3v) is 6.35. The van der Waals surface area contributed by atoms with Gasteiger partial charge in [-0.2, -0.15) is 0 Å². The fraction of sp³-hybridized carbons (Fsp3) is 0.259. The van der Waals surface area contributed by atoms with E-state index in [0.29, 0.717) is 17.9 Å². The van der Waals surface area contributed by atoms with Crippen molar-refractivity contribution in [2.24, 2.45) is 5.92 Å². The summed E-state index contributed by atoms with van der Waals surface area (Å²) in [4.78, 5) is 26.0. The summed E-state index contributed by atoms with van der Waals surface area (Å²) in [6.07, 6.45) is 1.04. The molecule has 0 heterocycles. The number of hydrogen-bond acceptors (Lipinski definition) is 3. The van der Waals surface area contributed by atoms with Gasteiger partial charge in [-0.25, -0.2) is 4.79 Å². The number of hydrogen-bond donors (Lipinski definition) is 1. The molecule has 5 heteroatoms. The highest BCUT2D eigenvalue weighted by Crippen LogP contribution is 2.58. The second-order valence-electron chi connectivity index (χ2n) is 8.10. The predicted octanol–water partition coefficient (Wildman–Crippen LogP) is 4.94. The largest absolute Gasteiger partial charge is 0.464 e. The third kappa shape index (κ3) is 4.56. The molecule has 1 fully saturated rings. The summed E-state index contributed by atoms with van der Waals surface area (Å²) in [5.74, 6) is -0.819. The van der Waals surface area contributed by atoms with Gasteiger partial charge in [0.25, 0.3) is 0 Å². The molecule has 0 aliphatic heterocycles. The van der Waals surface area contributed by atoms with Crippen LogP contribution in [0.25, 0.3) is 0 Å². The van der Waals surface area contributed by atoms with Crippen LogP contribution in [0, 0.1) is 5.92 Å². The van der Waals surface area contributed by atoms with E-state index in [-0.39, 0.29) is 23.8 Å². The number of esters is 1. The van der Waals surface area contributed by atoms with Crippen LogP contribution in [0.2, 0.25) is 5.02 Å². The molecule has 4 rings (SSSR count). The van der Waals surface area contributed by atoms with Crippen molar-refractivity contribution in [1.29, 1.82) is 0 Å². The van der Waals surface area contributed by atoms with Gasteiger partial charge >= 0.3 is 5.97 Å². The normalized spacial score (nSPS) is 17.2. The zero-order valence-corrected chi connectivity index (χ0v) is 18.7. The minimum absolute atomic E-state index is 0.135. The summed E-state index contributed by atoms with van der Waals surface area (Å²) >= 11 is 5.98. The highest BCUT2D eigenvalue weighted by molar-refractivity contribution is 6.30. The van der Waals surface area contributed by atoms with E-state index in [9.17, 15) is 9.59 Å². The standard InChI is InChI=1S/C27H26ClNO3/c1-2-32-26(31)24(17-19-13-15-22(28)16-14-19)29-25(30)23-18-27(23,20-9-5-3-6-10-20)21-11-7-4-8-12-21/h3-16,23-24H,2,17-18H2,1H3,(H,29,30). The van der Waals surface area contributed by atoms with Crippen LogP contribution in [-0.2, 0) is 26.2 Å². The topological polar surface area (TPSA) is 55.4 Å². The Bertz CT molecular complexity index is 1030. The maximum Gasteiger partial charge on any atom is 0.328 e. The van der Waals surface area contributed by atoms with Crippen molar-refractivity contribution in [3.05, 3.63) is 107 Å². The average Bonchev–Trinajstić information content (AvgIpc) is 3.59. The lowest BCUT2D eigenvalue weighted by molar-refractivity contribution is -0.147. The Morgan fingerprint density at radius 1 is 0.969 bits per heavy atom. The summed E-state index contributed by atoms with van der Waals surface area (Å²) in [7, 11) is 0. The third-order valence-electron chi connectivity index (χ3n) is 6.10. The molecule has 1 amide bonds. The molecule has 3 aromatic carbocycles. The molecule has 32 heavy (non-hydrogen) atoms. The first kappa shape index (κ1) is 22.1. The Morgan fingerprint density at radius 3 is 2.06 bits per heavy atom. The maximum absolute atomic E-state index is 13.4. The summed E-state index contributed by atoms with van der Waals surface area (Å²) in [5.41, 5.74) is 2.74. The molecule has 2 atom stereocenters. The van der Waals surface area contributed by atoms with E-state index in [1.807, 2.05) is 48.5 Å². The van der Waals surface area contributed by atoms with Crippen LogP contribution in [0.5, 0.6) is 0 Å². The molecule has 3 aromatic rings. The first-order chi connectivity index (χ1) is 15.5. The van der Waals surface area contributed by atoms with E-state index in [0.717, 1.165) is 16.7 Å². The van der Waals surface area contributed by atoms with Crippen molar-refractivity contribution in [1.82, 2.24) is 5.32 Å². The van der Waals surface area contributed by atoms with Gasteiger partial charge < -0.3 is 10.1 Å². The Balaban J connectivity index is 1.57. The lowest BCUT2D eigenvalue weighted by Crippen LogP contribution is -2.45. The van der Waals surface area contributed by atoms with Crippen LogP contribution >= 0.6 is 11.6 Å². The molecular formula is C27H26ClNO3. The molecule has 0 radical (unpaired) electrons. The van der Waals surface area contributed by atoms with Crippen molar-refractivity contribution in [2.45, 2.75) is 31.2 Å². The SMILES string of the molecule is CCOC(=O)C(Cc1ccc(Cl)cc1)NC(=O)C1CC1(c1ccccc1)c1ccccc1.